The number of sulfonamides is 1. The molecule has 9 heteroatoms. The van der Waals surface area contributed by atoms with Crippen molar-refractivity contribution in [3.05, 3.63) is 41.4 Å². The molecule has 19 heavy (non-hydrogen) atoms. The molecule has 1 heterocycles. The molecule has 0 aliphatic carbocycles. The van der Waals surface area contributed by atoms with E-state index in [9.17, 15) is 12.8 Å². The minimum atomic E-state index is -3.87. The molecule has 1 aromatic heterocycles. The molecule has 6 nitrogen and oxygen atoms in total. The number of nitrogens with zero attached hydrogens (tertiary/aromatic N) is 2. The molecule has 0 bridgehead atoms. The van der Waals surface area contributed by atoms with Crippen molar-refractivity contribution in [1.29, 1.82) is 0 Å². The maximum Gasteiger partial charge on any atom is 0.264 e. The largest absolute Gasteiger partial charge is 0.368 e. The van der Waals surface area contributed by atoms with Gasteiger partial charge in [-0.15, -0.1) is 0 Å². The summed E-state index contributed by atoms with van der Waals surface area (Å²) in [4.78, 5) is 7.00. The van der Waals surface area contributed by atoms with Gasteiger partial charge in [-0.2, -0.15) is 0 Å². The maximum atomic E-state index is 13.0. The zero-order valence-electron chi connectivity index (χ0n) is 9.34. The van der Waals surface area contributed by atoms with E-state index >= 15 is 0 Å². The summed E-state index contributed by atoms with van der Waals surface area (Å²) in [5.74, 6) is -0.677. The Morgan fingerprint density at radius 3 is 2.47 bits per heavy atom. The van der Waals surface area contributed by atoms with Gasteiger partial charge in [0.05, 0.1) is 23.1 Å². The normalized spacial score (nSPS) is 11.3. The highest BCUT2D eigenvalue weighted by Gasteiger charge is 2.15. The molecule has 0 saturated carbocycles. The topological polar surface area (TPSA) is 98.0 Å². The van der Waals surface area contributed by atoms with E-state index in [0.717, 1.165) is 24.5 Å². The first-order chi connectivity index (χ1) is 8.88. The maximum absolute atomic E-state index is 13.0. The number of rotatable bonds is 3. The second kappa shape index (κ2) is 4.98. The van der Waals surface area contributed by atoms with E-state index in [1.807, 2.05) is 0 Å². The first-order valence-electron chi connectivity index (χ1n) is 4.94. The van der Waals surface area contributed by atoms with E-state index in [1.54, 1.807) is 0 Å². The minimum Gasteiger partial charge on any atom is -0.368 e. The molecule has 2 aromatic rings. The third-order valence-corrected chi connectivity index (χ3v) is 3.76. The van der Waals surface area contributed by atoms with E-state index in [4.69, 9.17) is 17.3 Å². The van der Waals surface area contributed by atoms with Crippen LogP contribution in [0.1, 0.15) is 0 Å². The van der Waals surface area contributed by atoms with Crippen molar-refractivity contribution >= 4 is 33.3 Å². The number of benzene rings is 1. The highest BCUT2D eigenvalue weighted by atomic mass is 35.5. The Morgan fingerprint density at radius 1 is 1.26 bits per heavy atom. The predicted octanol–water partition coefficient (Wildman–Crippen LogP) is 1.65. The first kappa shape index (κ1) is 13.5. The fraction of sp³-hybridized carbons (Fsp3) is 0. The number of hydrogen-bond acceptors (Lipinski definition) is 5. The van der Waals surface area contributed by atoms with Gasteiger partial charge in [0, 0.05) is 0 Å². The molecule has 0 aliphatic rings. The predicted molar refractivity (Wildman–Crippen MR) is 68.7 cm³/mol. The molecule has 0 spiro atoms. The van der Waals surface area contributed by atoms with Gasteiger partial charge in [0.1, 0.15) is 10.7 Å². The number of aromatic nitrogens is 2. The molecule has 0 amide bonds. The van der Waals surface area contributed by atoms with Crippen LogP contribution in [0.15, 0.2) is 35.5 Å². The van der Waals surface area contributed by atoms with Crippen molar-refractivity contribution in [2.75, 3.05) is 10.5 Å². The van der Waals surface area contributed by atoms with Crippen LogP contribution >= 0.6 is 11.6 Å². The average Bonchev–Trinajstić information content (AvgIpc) is 2.34. The molecule has 0 radical (unpaired) electrons. The van der Waals surface area contributed by atoms with Gasteiger partial charge in [-0.25, -0.2) is 22.8 Å². The van der Waals surface area contributed by atoms with Gasteiger partial charge >= 0.3 is 0 Å². The Bertz CT molecular complexity index is 706. The smallest absolute Gasteiger partial charge is 0.264 e. The summed E-state index contributed by atoms with van der Waals surface area (Å²) >= 11 is 5.56. The van der Waals surface area contributed by atoms with E-state index in [0.29, 0.717) is 0 Å². The summed E-state index contributed by atoms with van der Waals surface area (Å²) in [5, 5.41) is -0.186. The van der Waals surface area contributed by atoms with Crippen molar-refractivity contribution < 1.29 is 12.8 Å². The van der Waals surface area contributed by atoms with E-state index in [1.165, 1.54) is 6.07 Å². The Morgan fingerprint density at radius 2 is 1.89 bits per heavy atom. The SMILES string of the molecule is Nc1ncc(S(=O)(=O)Nc2ccc(F)c(Cl)c2)cn1. The van der Waals surface area contributed by atoms with Crippen molar-refractivity contribution in [2.24, 2.45) is 0 Å². The zero-order chi connectivity index (χ0) is 14.0. The summed E-state index contributed by atoms with van der Waals surface area (Å²) in [6, 6.07) is 3.46. The quantitative estimate of drug-likeness (QED) is 0.898. The molecule has 100 valence electrons. The lowest BCUT2D eigenvalue weighted by molar-refractivity contribution is 0.600. The van der Waals surface area contributed by atoms with Gasteiger partial charge in [0.2, 0.25) is 5.95 Å². The standard InChI is InChI=1S/C10H8ClFN4O2S/c11-8-3-6(1-2-9(8)12)16-19(17,18)7-4-14-10(13)15-5-7/h1-5,16H,(H2,13,14,15). The third kappa shape index (κ3) is 3.09. The van der Waals surface area contributed by atoms with Crippen LogP contribution in [0.25, 0.3) is 0 Å². The summed E-state index contributed by atoms with van der Waals surface area (Å²) in [5.41, 5.74) is 5.39. The van der Waals surface area contributed by atoms with Gasteiger partial charge in [-0.1, -0.05) is 11.6 Å². The Balaban J connectivity index is 2.30. The number of nitrogen functional groups attached to an aromatic ring is 1. The molecule has 0 unspecified atom stereocenters. The fourth-order valence-electron chi connectivity index (χ4n) is 1.24. The number of halogens is 2. The highest BCUT2D eigenvalue weighted by Crippen LogP contribution is 2.21. The molecule has 2 rings (SSSR count). The van der Waals surface area contributed by atoms with Crippen molar-refractivity contribution in [3.8, 4) is 0 Å². The summed E-state index contributed by atoms with van der Waals surface area (Å²) in [7, 11) is -3.87. The number of nitrogens with two attached hydrogens (primary N) is 1. The molecule has 0 atom stereocenters. The lowest BCUT2D eigenvalue weighted by atomic mass is 10.3. The van der Waals surface area contributed by atoms with Gasteiger partial charge in [0.15, 0.2) is 0 Å². The summed E-state index contributed by atoms with van der Waals surface area (Å²) < 4.78 is 39.1. The number of anilines is 2. The van der Waals surface area contributed by atoms with Crippen LogP contribution in [0.4, 0.5) is 16.0 Å². The molecule has 3 N–H and O–H groups in total. The average molecular weight is 303 g/mol. The van der Waals surface area contributed by atoms with Crippen molar-refractivity contribution in [2.45, 2.75) is 4.90 Å². The first-order valence-corrected chi connectivity index (χ1v) is 6.80. The zero-order valence-corrected chi connectivity index (χ0v) is 10.9. The summed E-state index contributed by atoms with van der Waals surface area (Å²) in [6.07, 6.45) is 2.13. The van der Waals surface area contributed by atoms with Crippen molar-refractivity contribution in [3.63, 3.8) is 0 Å². The second-order valence-electron chi connectivity index (χ2n) is 3.51. The van der Waals surface area contributed by atoms with Crippen molar-refractivity contribution in [1.82, 2.24) is 9.97 Å². The Hall–Kier alpha value is -1.93. The third-order valence-electron chi connectivity index (χ3n) is 2.13. The molecular weight excluding hydrogens is 295 g/mol. The van der Waals surface area contributed by atoms with Crippen LogP contribution < -0.4 is 10.5 Å². The lowest BCUT2D eigenvalue weighted by Gasteiger charge is -2.08. The molecular formula is C10H8ClFN4O2S. The second-order valence-corrected chi connectivity index (χ2v) is 5.60. The van der Waals surface area contributed by atoms with Crippen LogP contribution in [0, 0.1) is 5.82 Å². The number of nitrogens with one attached hydrogen (secondary N) is 1. The lowest BCUT2D eigenvalue weighted by Crippen LogP contribution is -2.14. The molecule has 1 aromatic carbocycles. The van der Waals surface area contributed by atoms with Gasteiger partial charge in [0.25, 0.3) is 10.0 Å². The van der Waals surface area contributed by atoms with E-state index in [-0.39, 0.29) is 21.6 Å². The van der Waals surface area contributed by atoms with Crippen LogP contribution in [-0.2, 0) is 10.0 Å². The minimum absolute atomic E-state index is 0.0382. The van der Waals surface area contributed by atoms with Crippen LogP contribution in [0.3, 0.4) is 0 Å². The van der Waals surface area contributed by atoms with Gasteiger partial charge < -0.3 is 5.73 Å². The van der Waals surface area contributed by atoms with Gasteiger partial charge in [-0.3, -0.25) is 4.72 Å². The summed E-state index contributed by atoms with van der Waals surface area (Å²) in [6.45, 7) is 0. The molecule has 0 fully saturated rings. The Kier molecular flexibility index (Phi) is 3.54. The molecule has 0 saturated heterocycles. The monoisotopic (exact) mass is 302 g/mol. The highest BCUT2D eigenvalue weighted by molar-refractivity contribution is 7.92. The van der Waals surface area contributed by atoms with Crippen LogP contribution in [-0.4, -0.2) is 18.4 Å². The van der Waals surface area contributed by atoms with Crippen LogP contribution in [0.5, 0.6) is 0 Å². The number of hydrogen-bond donors (Lipinski definition) is 2. The molecule has 0 aliphatic heterocycles. The van der Waals surface area contributed by atoms with Crippen LogP contribution in [0.2, 0.25) is 5.02 Å². The Labute approximate surface area is 113 Å². The van der Waals surface area contributed by atoms with E-state index < -0.39 is 15.8 Å². The van der Waals surface area contributed by atoms with Gasteiger partial charge in [-0.05, 0) is 18.2 Å². The fourth-order valence-corrected chi connectivity index (χ4v) is 2.36. The van der Waals surface area contributed by atoms with E-state index in [2.05, 4.69) is 14.7 Å².